The Hall–Kier alpha value is -0.800. The van der Waals surface area contributed by atoms with Crippen LogP contribution in [0.4, 0.5) is 0 Å². The molecule has 1 unspecified atom stereocenters. The minimum absolute atomic E-state index is 0.420. The first-order valence-electron chi connectivity index (χ1n) is 7.99. The van der Waals surface area contributed by atoms with Gasteiger partial charge in [0.15, 0.2) is 0 Å². The predicted octanol–water partition coefficient (Wildman–Crippen LogP) is 3.65. The van der Waals surface area contributed by atoms with Crippen LogP contribution in [0.1, 0.15) is 51.9 Å². The van der Waals surface area contributed by atoms with Crippen molar-refractivity contribution < 1.29 is 4.42 Å². The zero-order valence-corrected chi connectivity index (χ0v) is 13.5. The molecule has 0 saturated carbocycles. The lowest BCUT2D eigenvalue weighted by Crippen LogP contribution is -2.26. The van der Waals surface area contributed by atoms with Crippen molar-refractivity contribution in [2.75, 3.05) is 19.6 Å². The summed E-state index contributed by atoms with van der Waals surface area (Å²) in [5.74, 6) is 1.95. The SMILES string of the molecule is CCCNCc1ccoc1CN1CCC(C(C)(C)C)C1. The number of hydrogen-bond acceptors (Lipinski definition) is 3. The monoisotopic (exact) mass is 278 g/mol. The zero-order chi connectivity index (χ0) is 14.6. The van der Waals surface area contributed by atoms with E-state index in [9.17, 15) is 0 Å². The van der Waals surface area contributed by atoms with E-state index in [-0.39, 0.29) is 0 Å². The highest BCUT2D eigenvalue weighted by atomic mass is 16.3. The highest BCUT2D eigenvalue weighted by molar-refractivity contribution is 5.17. The average molecular weight is 278 g/mol. The van der Waals surface area contributed by atoms with E-state index in [2.05, 4.69) is 44.0 Å². The molecule has 3 nitrogen and oxygen atoms in total. The molecule has 0 aromatic carbocycles. The molecule has 1 fully saturated rings. The maximum Gasteiger partial charge on any atom is 0.122 e. The van der Waals surface area contributed by atoms with E-state index in [0.29, 0.717) is 5.41 Å². The largest absolute Gasteiger partial charge is 0.468 e. The van der Waals surface area contributed by atoms with E-state index >= 15 is 0 Å². The van der Waals surface area contributed by atoms with Crippen molar-refractivity contribution in [2.45, 2.75) is 53.6 Å². The van der Waals surface area contributed by atoms with Crippen molar-refractivity contribution in [1.82, 2.24) is 10.2 Å². The molecular weight excluding hydrogens is 248 g/mol. The molecule has 3 heteroatoms. The van der Waals surface area contributed by atoms with Crippen molar-refractivity contribution >= 4 is 0 Å². The van der Waals surface area contributed by atoms with E-state index in [0.717, 1.165) is 31.3 Å². The summed E-state index contributed by atoms with van der Waals surface area (Å²) >= 11 is 0. The fraction of sp³-hybridized carbons (Fsp3) is 0.765. The Kier molecular flexibility index (Phi) is 5.28. The average Bonchev–Trinajstić information content (AvgIpc) is 2.99. The van der Waals surface area contributed by atoms with Gasteiger partial charge in [0.2, 0.25) is 0 Å². The molecule has 0 radical (unpaired) electrons. The van der Waals surface area contributed by atoms with Gasteiger partial charge in [0.1, 0.15) is 5.76 Å². The van der Waals surface area contributed by atoms with Gasteiger partial charge in [0.25, 0.3) is 0 Å². The van der Waals surface area contributed by atoms with Crippen LogP contribution in [0, 0.1) is 11.3 Å². The van der Waals surface area contributed by atoms with Crippen molar-refractivity contribution in [2.24, 2.45) is 11.3 Å². The first-order valence-corrected chi connectivity index (χ1v) is 7.99. The number of nitrogens with zero attached hydrogens (tertiary/aromatic N) is 1. The maximum absolute atomic E-state index is 5.70. The Morgan fingerprint density at radius 1 is 1.40 bits per heavy atom. The lowest BCUT2D eigenvalue weighted by atomic mass is 9.80. The van der Waals surface area contributed by atoms with Crippen LogP contribution in [0.5, 0.6) is 0 Å². The van der Waals surface area contributed by atoms with Crippen LogP contribution >= 0.6 is 0 Å². The van der Waals surface area contributed by atoms with Gasteiger partial charge < -0.3 is 9.73 Å². The number of rotatable bonds is 6. The van der Waals surface area contributed by atoms with E-state index < -0.39 is 0 Å². The van der Waals surface area contributed by atoms with Crippen LogP contribution in [0.2, 0.25) is 0 Å². The molecule has 1 aromatic rings. The van der Waals surface area contributed by atoms with Gasteiger partial charge >= 0.3 is 0 Å². The standard InChI is InChI=1S/C17H30N2O/c1-5-8-18-11-14-7-10-20-16(14)13-19-9-6-15(12-19)17(2,3)4/h7,10,15,18H,5-6,8-9,11-13H2,1-4H3. The Labute approximate surface area is 123 Å². The van der Waals surface area contributed by atoms with Gasteiger partial charge in [-0.1, -0.05) is 27.7 Å². The zero-order valence-electron chi connectivity index (χ0n) is 13.5. The summed E-state index contributed by atoms with van der Waals surface area (Å²) in [5.41, 5.74) is 1.74. The topological polar surface area (TPSA) is 28.4 Å². The van der Waals surface area contributed by atoms with Crippen LogP contribution < -0.4 is 5.32 Å². The van der Waals surface area contributed by atoms with Gasteiger partial charge in [-0.15, -0.1) is 0 Å². The third kappa shape index (κ3) is 4.10. The molecule has 0 amide bonds. The minimum atomic E-state index is 0.420. The Morgan fingerprint density at radius 2 is 2.20 bits per heavy atom. The summed E-state index contributed by atoms with van der Waals surface area (Å²) in [7, 11) is 0. The van der Waals surface area contributed by atoms with E-state index in [4.69, 9.17) is 4.42 Å². The lowest BCUT2D eigenvalue weighted by molar-refractivity contribution is 0.219. The smallest absolute Gasteiger partial charge is 0.122 e. The van der Waals surface area contributed by atoms with Gasteiger partial charge in [0, 0.05) is 18.7 Å². The van der Waals surface area contributed by atoms with E-state index in [1.165, 1.54) is 31.5 Å². The summed E-state index contributed by atoms with van der Waals surface area (Å²) in [6, 6.07) is 2.11. The fourth-order valence-electron chi connectivity index (χ4n) is 2.95. The number of furan rings is 1. The van der Waals surface area contributed by atoms with E-state index in [1.54, 1.807) is 0 Å². The molecule has 2 rings (SSSR count). The summed E-state index contributed by atoms with van der Waals surface area (Å²) < 4.78 is 5.70. The van der Waals surface area contributed by atoms with Crippen molar-refractivity contribution in [3.63, 3.8) is 0 Å². The van der Waals surface area contributed by atoms with Gasteiger partial charge in [-0.3, -0.25) is 4.90 Å². The molecule has 1 saturated heterocycles. The van der Waals surface area contributed by atoms with Crippen LogP contribution in [-0.4, -0.2) is 24.5 Å². The quantitative estimate of drug-likeness (QED) is 0.805. The molecule has 1 N–H and O–H groups in total. The molecule has 0 bridgehead atoms. The van der Waals surface area contributed by atoms with Gasteiger partial charge in [-0.05, 0) is 43.3 Å². The summed E-state index contributed by atoms with van der Waals surface area (Å²) in [6.07, 6.45) is 4.32. The van der Waals surface area contributed by atoms with Crippen LogP contribution in [-0.2, 0) is 13.1 Å². The second-order valence-electron chi connectivity index (χ2n) is 7.13. The predicted molar refractivity (Wildman–Crippen MR) is 83.5 cm³/mol. The fourth-order valence-corrected chi connectivity index (χ4v) is 2.95. The summed E-state index contributed by atoms with van der Waals surface area (Å²) in [4.78, 5) is 2.54. The Balaban J connectivity index is 1.87. The normalized spacial score (nSPS) is 20.7. The minimum Gasteiger partial charge on any atom is -0.468 e. The summed E-state index contributed by atoms with van der Waals surface area (Å²) in [5, 5.41) is 3.46. The van der Waals surface area contributed by atoms with Gasteiger partial charge in [-0.25, -0.2) is 0 Å². The Morgan fingerprint density at radius 3 is 2.85 bits per heavy atom. The molecule has 0 spiro atoms. The number of likely N-dealkylation sites (tertiary alicyclic amines) is 1. The van der Waals surface area contributed by atoms with Crippen molar-refractivity contribution in [3.05, 3.63) is 23.7 Å². The molecule has 1 aromatic heterocycles. The van der Waals surface area contributed by atoms with Crippen LogP contribution in [0.3, 0.4) is 0 Å². The molecule has 0 aliphatic carbocycles. The first kappa shape index (κ1) is 15.6. The second kappa shape index (κ2) is 6.77. The molecule has 20 heavy (non-hydrogen) atoms. The molecule has 1 atom stereocenters. The van der Waals surface area contributed by atoms with Crippen molar-refractivity contribution in [3.8, 4) is 0 Å². The third-order valence-corrected chi connectivity index (χ3v) is 4.44. The third-order valence-electron chi connectivity index (χ3n) is 4.44. The lowest BCUT2D eigenvalue weighted by Gasteiger charge is -2.27. The molecule has 2 heterocycles. The first-order chi connectivity index (χ1) is 9.50. The highest BCUT2D eigenvalue weighted by Gasteiger charge is 2.32. The van der Waals surface area contributed by atoms with Crippen molar-refractivity contribution in [1.29, 1.82) is 0 Å². The molecule has 1 aliphatic rings. The number of hydrogen-bond donors (Lipinski definition) is 1. The summed E-state index contributed by atoms with van der Waals surface area (Å²) in [6.45, 7) is 14.6. The number of nitrogens with one attached hydrogen (secondary N) is 1. The molecule has 1 aliphatic heterocycles. The van der Waals surface area contributed by atoms with Crippen LogP contribution in [0.15, 0.2) is 16.7 Å². The second-order valence-corrected chi connectivity index (χ2v) is 7.13. The molecular formula is C17H30N2O. The molecule has 114 valence electrons. The Bertz CT molecular complexity index is 405. The van der Waals surface area contributed by atoms with Crippen LogP contribution in [0.25, 0.3) is 0 Å². The maximum atomic E-state index is 5.70. The highest BCUT2D eigenvalue weighted by Crippen LogP contribution is 2.34. The van der Waals surface area contributed by atoms with Gasteiger partial charge in [-0.2, -0.15) is 0 Å². The van der Waals surface area contributed by atoms with Gasteiger partial charge in [0.05, 0.1) is 12.8 Å². The van der Waals surface area contributed by atoms with E-state index in [1.807, 2.05) is 6.26 Å².